The molecule has 2 heteroatoms. The first-order valence-electron chi connectivity index (χ1n) is 2.59. The van der Waals surface area contributed by atoms with Crippen molar-refractivity contribution in [1.29, 1.82) is 0 Å². The van der Waals surface area contributed by atoms with Gasteiger partial charge >= 0.3 is 0 Å². The molecule has 0 N–H and O–H groups in total. The smallest absolute Gasteiger partial charge is 0.0353 e. The maximum Gasteiger partial charge on any atom is 0.0353 e. The van der Waals surface area contributed by atoms with Crippen LogP contribution in [0.5, 0.6) is 0 Å². The fourth-order valence-corrected chi connectivity index (χ4v) is 0.973. The van der Waals surface area contributed by atoms with E-state index >= 15 is 0 Å². The molecule has 0 rings (SSSR count). The van der Waals surface area contributed by atoms with E-state index in [9.17, 15) is 0 Å². The molecule has 0 amide bonds. The Kier molecular flexibility index (Phi) is 4.48. The minimum atomic E-state index is 0.446. The molecule has 0 aromatic rings. The van der Waals surface area contributed by atoms with E-state index in [1.54, 1.807) is 0 Å². The number of rotatable bonds is 2. The lowest BCUT2D eigenvalue weighted by molar-refractivity contribution is 1.20. The van der Waals surface area contributed by atoms with Crippen LogP contribution in [0.4, 0.5) is 0 Å². The van der Waals surface area contributed by atoms with Crippen LogP contribution < -0.4 is 0 Å². The fraction of sp³-hybridized carbons (Fsp3) is 0.667. The highest BCUT2D eigenvalue weighted by molar-refractivity contribution is 8.21. The van der Waals surface area contributed by atoms with E-state index in [2.05, 4.69) is 26.8 Å². The van der Waals surface area contributed by atoms with Gasteiger partial charge in [0.15, 0.2) is 0 Å². The van der Waals surface area contributed by atoms with Crippen molar-refractivity contribution < 1.29 is 0 Å². The molecule has 0 heterocycles. The average molecular weight is 151 g/mol. The first-order valence-corrected chi connectivity index (χ1v) is 4.30. The molecule has 0 radical (unpaired) electrons. The standard InChI is InChI=1S/C6H11ClS/c1-5(2)4-6(3)8-7/h4,6H,1-3H3. The predicted molar refractivity (Wildman–Crippen MR) is 42.3 cm³/mol. The second-order valence-corrected chi connectivity index (χ2v) is 3.49. The van der Waals surface area contributed by atoms with Gasteiger partial charge in [-0.25, -0.2) is 0 Å². The van der Waals surface area contributed by atoms with Crippen LogP contribution in [0.3, 0.4) is 0 Å². The highest BCUT2D eigenvalue weighted by Crippen LogP contribution is 2.16. The lowest BCUT2D eigenvalue weighted by Gasteiger charge is -1.97. The van der Waals surface area contributed by atoms with Crippen LogP contribution in [-0.4, -0.2) is 5.25 Å². The van der Waals surface area contributed by atoms with Crippen LogP contribution >= 0.6 is 21.7 Å². The zero-order valence-corrected chi connectivity index (χ0v) is 7.01. The SMILES string of the molecule is CC(C)=CC(C)SCl. The van der Waals surface area contributed by atoms with Crippen LogP contribution in [0.2, 0.25) is 0 Å². The third-order valence-corrected chi connectivity index (χ3v) is 1.97. The summed E-state index contributed by atoms with van der Waals surface area (Å²) in [5, 5.41) is 0.446. The van der Waals surface area contributed by atoms with Crippen LogP contribution in [0, 0.1) is 0 Å². The minimum absolute atomic E-state index is 0.446. The highest BCUT2D eigenvalue weighted by atomic mass is 35.7. The minimum Gasteiger partial charge on any atom is -0.0793 e. The van der Waals surface area contributed by atoms with Crippen LogP contribution in [0.25, 0.3) is 0 Å². The van der Waals surface area contributed by atoms with Gasteiger partial charge in [0.25, 0.3) is 0 Å². The van der Waals surface area contributed by atoms with E-state index in [1.807, 2.05) is 0 Å². The van der Waals surface area contributed by atoms with Gasteiger partial charge in [0.05, 0.1) is 0 Å². The summed E-state index contributed by atoms with van der Waals surface area (Å²) in [5.74, 6) is 0. The third kappa shape index (κ3) is 4.54. The summed E-state index contributed by atoms with van der Waals surface area (Å²) in [6, 6.07) is 0. The van der Waals surface area contributed by atoms with Crippen molar-refractivity contribution in [3.63, 3.8) is 0 Å². The Morgan fingerprint density at radius 1 is 1.62 bits per heavy atom. The fourth-order valence-electron chi connectivity index (χ4n) is 0.495. The molecule has 0 spiro atoms. The molecule has 1 unspecified atom stereocenters. The van der Waals surface area contributed by atoms with E-state index in [1.165, 1.54) is 16.5 Å². The van der Waals surface area contributed by atoms with Crippen molar-refractivity contribution >= 4 is 21.7 Å². The Bertz CT molecular complexity index is 84.5. The molecule has 0 fully saturated rings. The zero-order chi connectivity index (χ0) is 6.57. The summed E-state index contributed by atoms with van der Waals surface area (Å²) in [6.07, 6.45) is 2.14. The Morgan fingerprint density at radius 3 is 2.25 bits per heavy atom. The van der Waals surface area contributed by atoms with E-state index in [-0.39, 0.29) is 0 Å². The van der Waals surface area contributed by atoms with Crippen molar-refractivity contribution in [3.05, 3.63) is 11.6 Å². The number of allylic oxidation sites excluding steroid dienone is 1. The molecule has 0 aliphatic rings. The van der Waals surface area contributed by atoms with Gasteiger partial charge in [-0.15, -0.1) is 0 Å². The molecule has 0 aliphatic heterocycles. The molecule has 0 aliphatic carbocycles. The molecule has 1 atom stereocenters. The quantitative estimate of drug-likeness (QED) is 0.545. The van der Waals surface area contributed by atoms with Gasteiger partial charge in [-0.2, -0.15) is 0 Å². The summed E-state index contributed by atoms with van der Waals surface area (Å²) in [6.45, 7) is 6.22. The normalized spacial score (nSPS) is 13.0. The first kappa shape index (κ1) is 8.38. The summed E-state index contributed by atoms with van der Waals surface area (Å²) >= 11 is 0. The highest BCUT2D eigenvalue weighted by Gasteiger charge is 1.92. The van der Waals surface area contributed by atoms with Gasteiger partial charge in [0, 0.05) is 5.25 Å². The number of halogens is 1. The maximum atomic E-state index is 5.47. The van der Waals surface area contributed by atoms with Crippen LogP contribution in [0.15, 0.2) is 11.6 Å². The predicted octanol–water partition coefficient (Wildman–Crippen LogP) is 3.23. The van der Waals surface area contributed by atoms with Gasteiger partial charge in [-0.3, -0.25) is 0 Å². The molecule has 0 aromatic carbocycles. The molecule has 0 nitrogen and oxygen atoms in total. The molecule has 0 saturated carbocycles. The maximum absolute atomic E-state index is 5.47. The van der Waals surface area contributed by atoms with E-state index < -0.39 is 0 Å². The van der Waals surface area contributed by atoms with Crippen molar-refractivity contribution in [3.8, 4) is 0 Å². The number of hydrogen-bond acceptors (Lipinski definition) is 1. The second kappa shape index (κ2) is 4.28. The van der Waals surface area contributed by atoms with Crippen molar-refractivity contribution in [2.45, 2.75) is 26.0 Å². The first-order chi connectivity index (χ1) is 3.66. The van der Waals surface area contributed by atoms with Gasteiger partial charge < -0.3 is 0 Å². The van der Waals surface area contributed by atoms with Gasteiger partial charge in [0.2, 0.25) is 0 Å². The van der Waals surface area contributed by atoms with Crippen LogP contribution in [-0.2, 0) is 0 Å². The summed E-state index contributed by atoms with van der Waals surface area (Å²) in [4.78, 5) is 0. The topological polar surface area (TPSA) is 0 Å². The van der Waals surface area contributed by atoms with Crippen molar-refractivity contribution in [2.24, 2.45) is 0 Å². The van der Waals surface area contributed by atoms with E-state index in [0.717, 1.165) is 0 Å². The Labute approximate surface area is 59.8 Å². The molecule has 48 valence electrons. The largest absolute Gasteiger partial charge is 0.0793 e. The molecule has 8 heavy (non-hydrogen) atoms. The molecule has 0 aromatic heterocycles. The second-order valence-electron chi connectivity index (χ2n) is 2.04. The van der Waals surface area contributed by atoms with Gasteiger partial charge in [-0.1, -0.05) is 11.6 Å². The van der Waals surface area contributed by atoms with E-state index in [4.69, 9.17) is 10.7 Å². The lowest BCUT2D eigenvalue weighted by Crippen LogP contribution is -1.85. The zero-order valence-electron chi connectivity index (χ0n) is 5.44. The Hall–Kier alpha value is 0.380. The summed E-state index contributed by atoms with van der Waals surface area (Å²) in [7, 11) is 6.82. The summed E-state index contributed by atoms with van der Waals surface area (Å²) < 4.78 is 0. The van der Waals surface area contributed by atoms with Gasteiger partial charge in [-0.05, 0) is 42.4 Å². The monoisotopic (exact) mass is 150 g/mol. The molecular formula is C6H11ClS. The average Bonchev–Trinajstić information content (AvgIpc) is 1.65. The molecular weight excluding hydrogens is 140 g/mol. The van der Waals surface area contributed by atoms with Gasteiger partial charge in [0.1, 0.15) is 0 Å². The third-order valence-electron chi connectivity index (χ3n) is 0.709. The van der Waals surface area contributed by atoms with Crippen molar-refractivity contribution in [2.75, 3.05) is 0 Å². The summed E-state index contributed by atoms with van der Waals surface area (Å²) in [5.41, 5.74) is 1.32. The lowest BCUT2D eigenvalue weighted by atomic mass is 10.3. The Balaban J connectivity index is 3.51. The number of hydrogen-bond donors (Lipinski definition) is 0. The molecule has 0 saturated heterocycles. The Morgan fingerprint density at radius 2 is 2.12 bits per heavy atom. The van der Waals surface area contributed by atoms with Crippen LogP contribution in [0.1, 0.15) is 20.8 Å². The van der Waals surface area contributed by atoms with Crippen molar-refractivity contribution in [1.82, 2.24) is 0 Å². The van der Waals surface area contributed by atoms with E-state index in [0.29, 0.717) is 5.25 Å². The molecule has 0 bridgehead atoms.